The Hall–Kier alpha value is -0.660. The number of hydrogen-bond donors (Lipinski definition) is 0. The van der Waals surface area contributed by atoms with E-state index >= 15 is 0 Å². The number of ketones is 2. The maximum Gasteiger partial charge on any atom is 0.140 e. The summed E-state index contributed by atoms with van der Waals surface area (Å²) >= 11 is 0. The van der Waals surface area contributed by atoms with Gasteiger partial charge >= 0.3 is 0 Å². The number of carbonyl (C=O) groups is 2. The minimum Gasteiger partial charge on any atom is -0.299 e. The van der Waals surface area contributed by atoms with Crippen LogP contribution in [0.15, 0.2) is 0 Å². The van der Waals surface area contributed by atoms with E-state index < -0.39 is 0 Å². The van der Waals surface area contributed by atoms with Crippen molar-refractivity contribution in [2.45, 2.75) is 120 Å². The van der Waals surface area contributed by atoms with E-state index in [1.807, 2.05) is 0 Å². The highest BCUT2D eigenvalue weighted by Crippen LogP contribution is 2.77. The van der Waals surface area contributed by atoms with Crippen molar-refractivity contribution in [2.24, 2.45) is 56.2 Å². The van der Waals surface area contributed by atoms with Gasteiger partial charge in [0.25, 0.3) is 0 Å². The maximum atomic E-state index is 14.5. The molecule has 0 spiro atoms. The third-order valence-corrected chi connectivity index (χ3v) is 13.5. The molecule has 0 bridgehead atoms. The average Bonchev–Trinajstić information content (AvgIpc) is 2.70. The van der Waals surface area contributed by atoms with Gasteiger partial charge in [-0.3, -0.25) is 9.59 Å². The van der Waals surface area contributed by atoms with Gasteiger partial charge in [-0.25, -0.2) is 0 Å². The molecule has 0 aromatic carbocycles. The molecule has 5 rings (SSSR count). The van der Waals surface area contributed by atoms with Gasteiger partial charge in [-0.2, -0.15) is 0 Å². The predicted molar refractivity (Wildman–Crippen MR) is 130 cm³/mol. The summed E-state index contributed by atoms with van der Waals surface area (Å²) in [5.74, 6) is 2.79. The summed E-state index contributed by atoms with van der Waals surface area (Å²) in [5, 5.41) is 0. The van der Waals surface area contributed by atoms with Crippen molar-refractivity contribution in [2.75, 3.05) is 0 Å². The second-order valence-electron chi connectivity index (χ2n) is 15.2. The maximum absolute atomic E-state index is 14.5. The highest BCUT2D eigenvalue weighted by atomic mass is 16.1. The van der Waals surface area contributed by atoms with Crippen LogP contribution in [0.4, 0.5) is 0 Å². The van der Waals surface area contributed by atoms with Crippen LogP contribution in [0.3, 0.4) is 0 Å². The van der Waals surface area contributed by atoms with Crippen LogP contribution in [0.2, 0.25) is 0 Å². The summed E-state index contributed by atoms with van der Waals surface area (Å²) in [6, 6.07) is 0. The van der Waals surface area contributed by atoms with E-state index in [1.165, 1.54) is 38.5 Å². The zero-order valence-corrected chi connectivity index (χ0v) is 22.2. The topological polar surface area (TPSA) is 34.1 Å². The van der Waals surface area contributed by atoms with Crippen molar-refractivity contribution in [1.29, 1.82) is 0 Å². The first-order chi connectivity index (χ1) is 14.6. The smallest absolute Gasteiger partial charge is 0.140 e. The van der Waals surface area contributed by atoms with E-state index in [0.717, 1.165) is 25.7 Å². The molecule has 0 aromatic rings. The molecule has 0 radical (unpaired) electrons. The van der Waals surface area contributed by atoms with Crippen molar-refractivity contribution in [3.8, 4) is 0 Å². The van der Waals surface area contributed by atoms with Gasteiger partial charge in [0.15, 0.2) is 0 Å². The molecule has 180 valence electrons. The Morgan fingerprint density at radius 2 is 1.38 bits per heavy atom. The molecule has 9 unspecified atom stereocenters. The number of carbonyl (C=O) groups excluding carboxylic acids is 2. The van der Waals surface area contributed by atoms with Gasteiger partial charge in [0.2, 0.25) is 0 Å². The van der Waals surface area contributed by atoms with E-state index in [4.69, 9.17) is 0 Å². The van der Waals surface area contributed by atoms with Gasteiger partial charge in [0.1, 0.15) is 11.6 Å². The molecule has 0 amide bonds. The highest BCUT2D eigenvalue weighted by Gasteiger charge is 2.73. The molecular formula is C30H48O2. The number of Topliss-reactive ketones (excluding diaryl/α,β-unsaturated/α-hetero) is 2. The second kappa shape index (κ2) is 6.51. The lowest BCUT2D eigenvalue weighted by Crippen LogP contribution is -2.70. The average molecular weight is 441 g/mol. The third-order valence-electron chi connectivity index (χ3n) is 13.5. The minimum absolute atomic E-state index is 0.0469. The van der Waals surface area contributed by atoms with E-state index in [1.54, 1.807) is 0 Å². The summed E-state index contributed by atoms with van der Waals surface area (Å²) in [7, 11) is 0. The van der Waals surface area contributed by atoms with Gasteiger partial charge in [-0.05, 0) is 96.2 Å². The van der Waals surface area contributed by atoms with Crippen molar-refractivity contribution in [1.82, 2.24) is 0 Å². The first-order valence-corrected chi connectivity index (χ1v) is 13.7. The van der Waals surface area contributed by atoms with Crippen LogP contribution in [0.25, 0.3) is 0 Å². The fourth-order valence-electron chi connectivity index (χ4n) is 11.0. The third kappa shape index (κ3) is 2.59. The van der Waals surface area contributed by atoms with Gasteiger partial charge in [-0.15, -0.1) is 0 Å². The number of hydrogen-bond acceptors (Lipinski definition) is 2. The van der Waals surface area contributed by atoms with E-state index in [0.29, 0.717) is 40.2 Å². The van der Waals surface area contributed by atoms with Crippen molar-refractivity contribution < 1.29 is 9.59 Å². The molecule has 0 aromatic heterocycles. The van der Waals surface area contributed by atoms with Gasteiger partial charge < -0.3 is 0 Å². The molecule has 0 aliphatic heterocycles. The molecule has 9 atom stereocenters. The molecular weight excluding hydrogens is 392 g/mol. The molecule has 5 aliphatic carbocycles. The van der Waals surface area contributed by atoms with E-state index in [2.05, 4.69) is 55.4 Å². The van der Waals surface area contributed by atoms with Crippen LogP contribution in [0.5, 0.6) is 0 Å². The molecule has 2 heteroatoms. The van der Waals surface area contributed by atoms with Gasteiger partial charge in [0.05, 0.1) is 0 Å². The van der Waals surface area contributed by atoms with Crippen molar-refractivity contribution in [3.05, 3.63) is 0 Å². The fraction of sp³-hybridized carbons (Fsp3) is 0.933. The Morgan fingerprint density at radius 1 is 0.719 bits per heavy atom. The number of fused-ring (bicyclic) bond motifs is 7. The van der Waals surface area contributed by atoms with E-state index in [-0.39, 0.29) is 27.6 Å². The van der Waals surface area contributed by atoms with Crippen LogP contribution in [0, 0.1) is 56.2 Å². The molecule has 5 aliphatic rings. The highest BCUT2D eigenvalue weighted by molar-refractivity contribution is 5.88. The molecule has 5 saturated carbocycles. The molecule has 0 heterocycles. The molecule has 0 N–H and O–H groups in total. The lowest BCUT2D eigenvalue weighted by molar-refractivity contribution is -0.242. The Morgan fingerprint density at radius 3 is 2.06 bits per heavy atom. The van der Waals surface area contributed by atoms with Crippen LogP contribution >= 0.6 is 0 Å². The number of rotatable bonds is 0. The molecule has 32 heavy (non-hydrogen) atoms. The standard InChI is InChI=1S/C30H48O2/c1-19-20(31)9-10-21-27(19,5)12-11-22-28(21,6)18-24(32)30(8)23-17-25(2,3)13-14-26(23,4)15-16-29(22,30)7/h19,21-23H,9-18H2,1-8H3. The Labute approximate surface area is 197 Å². The van der Waals surface area contributed by atoms with Gasteiger partial charge in [-0.1, -0.05) is 55.4 Å². The van der Waals surface area contributed by atoms with Gasteiger partial charge in [0, 0.05) is 24.2 Å². The molecule has 0 saturated heterocycles. The normalized spacial score (nSPS) is 57.1. The summed E-state index contributed by atoms with van der Waals surface area (Å²) < 4.78 is 0. The zero-order chi connectivity index (χ0) is 23.5. The van der Waals surface area contributed by atoms with Crippen LogP contribution in [0.1, 0.15) is 120 Å². The summed E-state index contributed by atoms with van der Waals surface area (Å²) in [6.07, 6.45) is 11.1. The molecule has 5 fully saturated rings. The van der Waals surface area contributed by atoms with Crippen LogP contribution < -0.4 is 0 Å². The zero-order valence-electron chi connectivity index (χ0n) is 22.2. The van der Waals surface area contributed by atoms with E-state index in [9.17, 15) is 9.59 Å². The quantitative estimate of drug-likeness (QED) is 0.388. The Bertz CT molecular complexity index is 857. The lowest BCUT2D eigenvalue weighted by atomic mass is 9.30. The fourth-order valence-corrected chi connectivity index (χ4v) is 11.0. The van der Waals surface area contributed by atoms with Crippen LogP contribution in [-0.4, -0.2) is 11.6 Å². The molecule has 2 nitrogen and oxygen atoms in total. The monoisotopic (exact) mass is 440 g/mol. The Kier molecular flexibility index (Phi) is 4.70. The van der Waals surface area contributed by atoms with Crippen molar-refractivity contribution >= 4 is 11.6 Å². The summed E-state index contributed by atoms with van der Waals surface area (Å²) in [6.45, 7) is 19.4. The first-order valence-electron chi connectivity index (χ1n) is 13.7. The Balaban J connectivity index is 1.60. The minimum atomic E-state index is -0.203. The second-order valence-corrected chi connectivity index (χ2v) is 15.2. The largest absolute Gasteiger partial charge is 0.299 e. The van der Waals surface area contributed by atoms with Crippen molar-refractivity contribution in [3.63, 3.8) is 0 Å². The summed E-state index contributed by atoms with van der Waals surface area (Å²) in [4.78, 5) is 27.2. The summed E-state index contributed by atoms with van der Waals surface area (Å²) in [5.41, 5.74) is 0.664. The first kappa shape index (κ1) is 23.1. The predicted octanol–water partition coefficient (Wildman–Crippen LogP) is 7.64. The van der Waals surface area contributed by atoms with Crippen LogP contribution in [-0.2, 0) is 9.59 Å². The SMILES string of the molecule is CC1C(=O)CCC2C1(C)CCC1C2(C)CC(=O)C2(C)C3CC(C)(C)CCC3(C)CCC12C. The lowest BCUT2D eigenvalue weighted by Gasteiger charge is -2.73.